The van der Waals surface area contributed by atoms with Crippen molar-refractivity contribution in [3.05, 3.63) is 63.2 Å². The van der Waals surface area contributed by atoms with Crippen LogP contribution in [0, 0.1) is 23.0 Å². The monoisotopic (exact) mass is 681 g/mol. The van der Waals surface area contributed by atoms with Gasteiger partial charge < -0.3 is 29.7 Å². The lowest BCUT2D eigenvalue weighted by Crippen LogP contribution is -2.62. The van der Waals surface area contributed by atoms with Crippen LogP contribution in [0.4, 0.5) is 14.5 Å². The summed E-state index contributed by atoms with van der Waals surface area (Å²) < 4.78 is 41.2. The summed E-state index contributed by atoms with van der Waals surface area (Å²) in [6.07, 6.45) is -3.23. The summed E-state index contributed by atoms with van der Waals surface area (Å²) in [5, 5.41) is 49.3. The van der Waals surface area contributed by atoms with Crippen LogP contribution in [0.3, 0.4) is 0 Å². The number of nitriles is 1. The van der Waals surface area contributed by atoms with Gasteiger partial charge in [-0.3, -0.25) is 4.79 Å². The van der Waals surface area contributed by atoms with E-state index in [0.29, 0.717) is 29.4 Å². The number of nitrogens with zero attached hydrogens (tertiary/aromatic N) is 5. The van der Waals surface area contributed by atoms with Crippen LogP contribution in [0.25, 0.3) is 11.3 Å². The van der Waals surface area contributed by atoms with Crippen LogP contribution >= 0.6 is 27.5 Å². The first-order chi connectivity index (χ1) is 20.6. The lowest BCUT2D eigenvalue weighted by molar-refractivity contribution is -0.211. The molecule has 1 aromatic heterocycles. The molecule has 0 radical (unpaired) electrons. The molecule has 0 bridgehead atoms. The van der Waals surface area contributed by atoms with Gasteiger partial charge >= 0.3 is 0 Å². The summed E-state index contributed by atoms with van der Waals surface area (Å²) in [5.74, 6) is -3.04. The maximum Gasteiger partial charge on any atom is 0.259 e. The van der Waals surface area contributed by atoms with Crippen LogP contribution in [0.1, 0.15) is 30.9 Å². The highest BCUT2D eigenvalue weighted by atomic mass is 79.9. The fraction of sp³-hybridized carbons (Fsp3) is 0.429. The minimum Gasteiger partial charge on any atom is -0.394 e. The van der Waals surface area contributed by atoms with Crippen molar-refractivity contribution in [2.24, 2.45) is 0 Å². The summed E-state index contributed by atoms with van der Waals surface area (Å²) in [6.45, 7) is -0.667. The number of amides is 1. The maximum atomic E-state index is 14.4. The zero-order valence-corrected chi connectivity index (χ0v) is 25.0. The number of anilines is 1. The van der Waals surface area contributed by atoms with E-state index in [1.807, 2.05) is 0 Å². The number of rotatable bonds is 7. The van der Waals surface area contributed by atoms with Gasteiger partial charge in [0, 0.05) is 22.8 Å². The molecule has 1 saturated carbocycles. The van der Waals surface area contributed by atoms with Crippen LogP contribution in [-0.4, -0.2) is 86.5 Å². The van der Waals surface area contributed by atoms with Gasteiger partial charge in [0.05, 0.1) is 41.6 Å². The molecule has 3 aromatic rings. The molecule has 0 spiro atoms. The molecule has 5 rings (SSSR count). The predicted molar refractivity (Wildman–Crippen MR) is 152 cm³/mol. The standard InChI is InChI=1S/C28H27BrClF2N5O6/c1-42-26-24(36-11-19(34-35-36)14-7-17(30)23(32)18(31)8-14)25(40)22(12-38)43-27(26)28(41)37(20-3-2-4-21(20)39)16-6-13(10-33)5-15(29)9-16/h5-9,11,20-22,24-27,38-40H,2-4,12H2,1H3/t20-,21-,22+,24-,25-,26+,27+/m0/s1. The third-order valence-corrected chi connectivity index (χ3v) is 8.51. The van der Waals surface area contributed by atoms with E-state index < -0.39 is 71.8 Å². The average molecular weight is 683 g/mol. The molecule has 2 fully saturated rings. The number of methoxy groups -OCH3 is 1. The molecule has 0 unspecified atom stereocenters. The Morgan fingerprint density at radius 3 is 2.67 bits per heavy atom. The first-order valence-corrected chi connectivity index (χ1v) is 14.5. The SMILES string of the molecule is CO[C@@H]1[C@@H](n2cc(-c3cc(F)c(F)c(Cl)c3)nn2)[C@@H](O)[C@@H](CO)O[C@H]1C(=O)N(c1cc(Br)cc(C#N)c1)[C@H]1CCC[C@@H]1O. The van der Waals surface area contributed by atoms with E-state index in [1.54, 1.807) is 12.1 Å². The summed E-state index contributed by atoms with van der Waals surface area (Å²) in [7, 11) is 1.31. The molecule has 1 aliphatic heterocycles. The van der Waals surface area contributed by atoms with Gasteiger partial charge in [-0.05, 0) is 49.6 Å². The molecule has 2 aromatic carbocycles. The highest BCUT2D eigenvalue weighted by molar-refractivity contribution is 9.10. The third kappa shape index (κ3) is 6.03. The van der Waals surface area contributed by atoms with E-state index in [4.69, 9.17) is 21.1 Å². The minimum absolute atomic E-state index is 0.0895. The Morgan fingerprint density at radius 1 is 1.28 bits per heavy atom. The van der Waals surface area contributed by atoms with E-state index in [2.05, 4.69) is 32.3 Å². The summed E-state index contributed by atoms with van der Waals surface area (Å²) >= 11 is 9.18. The van der Waals surface area contributed by atoms with E-state index in [-0.39, 0.29) is 16.8 Å². The molecule has 7 atom stereocenters. The summed E-state index contributed by atoms with van der Waals surface area (Å²) in [5.41, 5.74) is 0.811. The number of aliphatic hydroxyl groups is 3. The second-order valence-corrected chi connectivity index (χ2v) is 11.7. The van der Waals surface area contributed by atoms with Gasteiger partial charge in [0.1, 0.15) is 30.0 Å². The quantitative estimate of drug-likeness (QED) is 0.319. The van der Waals surface area contributed by atoms with Gasteiger partial charge in [-0.15, -0.1) is 5.10 Å². The molecule has 2 heterocycles. The molecule has 11 nitrogen and oxygen atoms in total. The molecule has 228 valence electrons. The fourth-order valence-corrected chi connectivity index (χ4v) is 6.43. The first-order valence-electron chi connectivity index (χ1n) is 13.3. The van der Waals surface area contributed by atoms with Crippen LogP contribution in [-0.2, 0) is 14.3 Å². The Labute approximate surface area is 258 Å². The van der Waals surface area contributed by atoms with Gasteiger partial charge in [0.25, 0.3) is 5.91 Å². The van der Waals surface area contributed by atoms with Gasteiger partial charge in [-0.25, -0.2) is 13.5 Å². The van der Waals surface area contributed by atoms with Crippen molar-refractivity contribution in [1.82, 2.24) is 15.0 Å². The number of ether oxygens (including phenoxy) is 2. The van der Waals surface area contributed by atoms with E-state index in [1.165, 1.54) is 35.0 Å². The highest BCUT2D eigenvalue weighted by Crippen LogP contribution is 2.37. The number of aliphatic hydroxyl groups excluding tert-OH is 3. The zero-order valence-electron chi connectivity index (χ0n) is 22.6. The average Bonchev–Trinajstić information content (AvgIpc) is 3.64. The lowest BCUT2D eigenvalue weighted by Gasteiger charge is -2.45. The Bertz CT molecular complexity index is 1530. The molecular formula is C28H27BrClF2N5O6. The largest absolute Gasteiger partial charge is 0.394 e. The van der Waals surface area contributed by atoms with Gasteiger partial charge in [0.2, 0.25) is 0 Å². The number of aromatic nitrogens is 3. The van der Waals surface area contributed by atoms with E-state index in [9.17, 15) is 34.2 Å². The van der Waals surface area contributed by atoms with Crippen molar-refractivity contribution in [3.8, 4) is 17.3 Å². The molecular weight excluding hydrogens is 656 g/mol. The Balaban J connectivity index is 1.55. The van der Waals surface area contributed by atoms with Crippen LogP contribution in [0.15, 0.2) is 41.0 Å². The number of hydrogen-bond acceptors (Lipinski definition) is 9. The van der Waals surface area contributed by atoms with Crippen LogP contribution in [0.2, 0.25) is 5.02 Å². The Hall–Kier alpha value is -3.03. The lowest BCUT2D eigenvalue weighted by atomic mass is 9.91. The molecule has 1 aliphatic carbocycles. The third-order valence-electron chi connectivity index (χ3n) is 7.78. The summed E-state index contributed by atoms with van der Waals surface area (Å²) in [4.78, 5) is 15.8. The van der Waals surface area contributed by atoms with Gasteiger partial charge in [-0.1, -0.05) is 32.7 Å². The zero-order chi connectivity index (χ0) is 31.0. The molecule has 1 amide bonds. The smallest absolute Gasteiger partial charge is 0.259 e. The maximum absolute atomic E-state index is 14.4. The van der Waals surface area contributed by atoms with Crippen molar-refractivity contribution in [2.45, 2.75) is 61.9 Å². The fourth-order valence-electron chi connectivity index (χ4n) is 5.74. The van der Waals surface area contributed by atoms with Crippen LogP contribution in [0.5, 0.6) is 0 Å². The van der Waals surface area contributed by atoms with E-state index >= 15 is 0 Å². The highest BCUT2D eigenvalue weighted by Gasteiger charge is 2.52. The molecule has 2 aliphatic rings. The molecule has 43 heavy (non-hydrogen) atoms. The Kier molecular flexibility index (Phi) is 9.43. The van der Waals surface area contributed by atoms with Gasteiger partial charge in [0.15, 0.2) is 17.7 Å². The number of halogens is 4. The number of hydrogen-bond donors (Lipinski definition) is 3. The normalized spacial score (nSPS) is 27.2. The van der Waals surface area contributed by atoms with Crippen molar-refractivity contribution in [3.63, 3.8) is 0 Å². The molecule has 1 saturated heterocycles. The van der Waals surface area contributed by atoms with Crippen molar-refractivity contribution in [2.75, 3.05) is 18.6 Å². The summed E-state index contributed by atoms with van der Waals surface area (Å²) in [6, 6.07) is 7.08. The van der Waals surface area contributed by atoms with Crippen molar-refractivity contribution >= 4 is 39.1 Å². The first kappa shape index (κ1) is 31.4. The number of carbonyl (C=O) groups excluding carboxylic acids is 1. The second-order valence-electron chi connectivity index (χ2n) is 10.4. The van der Waals surface area contributed by atoms with Crippen molar-refractivity contribution in [1.29, 1.82) is 5.26 Å². The number of carbonyl (C=O) groups is 1. The van der Waals surface area contributed by atoms with E-state index in [0.717, 1.165) is 6.07 Å². The molecule has 3 N–H and O–H groups in total. The minimum atomic E-state index is -1.44. The van der Waals surface area contributed by atoms with Crippen LogP contribution < -0.4 is 4.90 Å². The number of benzene rings is 2. The second kappa shape index (κ2) is 12.9. The predicted octanol–water partition coefficient (Wildman–Crippen LogP) is 3.13. The Morgan fingerprint density at radius 2 is 2.05 bits per heavy atom. The molecule has 15 heteroatoms. The van der Waals surface area contributed by atoms with Crippen molar-refractivity contribution < 1.29 is 38.4 Å². The topological polar surface area (TPSA) is 154 Å². The van der Waals surface area contributed by atoms with Gasteiger partial charge in [-0.2, -0.15) is 5.26 Å².